The third-order valence-corrected chi connectivity index (χ3v) is 2.84. The fraction of sp³-hybridized carbons (Fsp3) is 0.500. The van der Waals surface area contributed by atoms with Gasteiger partial charge in [0.15, 0.2) is 0 Å². The van der Waals surface area contributed by atoms with Gasteiger partial charge in [-0.25, -0.2) is 0 Å². The molecule has 1 atom stereocenters. The SMILES string of the molecule is CC(CCCc1ccsc1)C(=O)O. The third-order valence-electron chi connectivity index (χ3n) is 2.10. The minimum absolute atomic E-state index is 0.210. The van der Waals surface area contributed by atoms with E-state index in [1.807, 2.05) is 0 Å². The van der Waals surface area contributed by atoms with Crippen LogP contribution < -0.4 is 0 Å². The molecular formula is C10H14O2S. The number of aliphatic carboxylic acids is 1. The van der Waals surface area contributed by atoms with Gasteiger partial charge in [-0.15, -0.1) is 0 Å². The Balaban J connectivity index is 2.18. The Hall–Kier alpha value is -0.830. The second-order valence-electron chi connectivity index (χ2n) is 3.26. The standard InChI is InChI=1S/C10H14O2S/c1-8(10(11)12)3-2-4-9-5-6-13-7-9/h5-8H,2-4H2,1H3,(H,11,12). The Morgan fingerprint density at radius 1 is 1.69 bits per heavy atom. The van der Waals surface area contributed by atoms with Crippen LogP contribution >= 0.6 is 11.3 Å². The topological polar surface area (TPSA) is 37.3 Å². The Bertz CT molecular complexity index is 254. The molecule has 0 aliphatic heterocycles. The van der Waals surface area contributed by atoms with E-state index in [1.165, 1.54) is 5.56 Å². The van der Waals surface area contributed by atoms with Crippen molar-refractivity contribution in [3.05, 3.63) is 22.4 Å². The summed E-state index contributed by atoms with van der Waals surface area (Å²) in [4.78, 5) is 10.5. The van der Waals surface area contributed by atoms with Gasteiger partial charge in [0.1, 0.15) is 0 Å². The van der Waals surface area contributed by atoms with Crippen molar-refractivity contribution in [3.63, 3.8) is 0 Å². The minimum Gasteiger partial charge on any atom is -0.481 e. The lowest BCUT2D eigenvalue weighted by atomic mass is 10.0. The molecular weight excluding hydrogens is 184 g/mol. The molecule has 0 spiro atoms. The molecule has 0 amide bonds. The second kappa shape index (κ2) is 5.02. The lowest BCUT2D eigenvalue weighted by Gasteiger charge is -2.04. The predicted molar refractivity (Wildman–Crippen MR) is 54.1 cm³/mol. The first-order chi connectivity index (χ1) is 6.20. The number of carboxylic acid groups (broad SMARTS) is 1. The molecule has 1 aromatic heterocycles. The number of hydrogen-bond donors (Lipinski definition) is 1. The van der Waals surface area contributed by atoms with E-state index in [-0.39, 0.29) is 5.92 Å². The van der Waals surface area contributed by atoms with Gasteiger partial charge in [0.25, 0.3) is 0 Å². The number of rotatable bonds is 5. The number of carbonyl (C=O) groups is 1. The summed E-state index contributed by atoms with van der Waals surface area (Å²) in [5.74, 6) is -0.899. The fourth-order valence-corrected chi connectivity index (χ4v) is 1.87. The number of thiophene rings is 1. The first-order valence-electron chi connectivity index (χ1n) is 4.44. The number of aryl methyl sites for hydroxylation is 1. The van der Waals surface area contributed by atoms with Crippen LogP contribution in [-0.4, -0.2) is 11.1 Å². The van der Waals surface area contributed by atoms with E-state index in [0.29, 0.717) is 0 Å². The van der Waals surface area contributed by atoms with E-state index in [1.54, 1.807) is 18.3 Å². The molecule has 1 rings (SSSR count). The van der Waals surface area contributed by atoms with Crippen LogP contribution in [0.25, 0.3) is 0 Å². The summed E-state index contributed by atoms with van der Waals surface area (Å²) in [6, 6.07) is 2.09. The molecule has 1 N–H and O–H groups in total. The van der Waals surface area contributed by atoms with Gasteiger partial charge in [-0.3, -0.25) is 4.79 Å². The highest BCUT2D eigenvalue weighted by atomic mass is 32.1. The highest BCUT2D eigenvalue weighted by Crippen LogP contribution is 2.12. The Morgan fingerprint density at radius 3 is 3.00 bits per heavy atom. The summed E-state index contributed by atoms with van der Waals surface area (Å²) in [5, 5.41) is 12.8. The van der Waals surface area contributed by atoms with Crippen LogP contribution in [0.5, 0.6) is 0 Å². The van der Waals surface area contributed by atoms with Gasteiger partial charge in [0.2, 0.25) is 0 Å². The zero-order chi connectivity index (χ0) is 9.68. The van der Waals surface area contributed by atoms with Gasteiger partial charge in [-0.05, 0) is 41.7 Å². The van der Waals surface area contributed by atoms with Crippen LogP contribution in [0.15, 0.2) is 16.8 Å². The molecule has 1 unspecified atom stereocenters. The summed E-state index contributed by atoms with van der Waals surface area (Å²) in [7, 11) is 0. The van der Waals surface area contributed by atoms with Gasteiger partial charge in [0.05, 0.1) is 5.92 Å². The van der Waals surface area contributed by atoms with Crippen LogP contribution in [0.1, 0.15) is 25.3 Å². The van der Waals surface area contributed by atoms with E-state index in [9.17, 15) is 4.79 Å². The molecule has 0 aliphatic carbocycles. The van der Waals surface area contributed by atoms with E-state index in [2.05, 4.69) is 16.8 Å². The van der Waals surface area contributed by atoms with E-state index >= 15 is 0 Å². The van der Waals surface area contributed by atoms with Gasteiger partial charge >= 0.3 is 5.97 Å². The summed E-state index contributed by atoms with van der Waals surface area (Å²) < 4.78 is 0. The molecule has 0 saturated heterocycles. The van der Waals surface area contributed by atoms with Crippen molar-refractivity contribution < 1.29 is 9.90 Å². The van der Waals surface area contributed by atoms with Crippen LogP contribution in [-0.2, 0) is 11.2 Å². The van der Waals surface area contributed by atoms with Crippen molar-refractivity contribution in [2.24, 2.45) is 5.92 Å². The molecule has 1 heterocycles. The maximum Gasteiger partial charge on any atom is 0.306 e. The van der Waals surface area contributed by atoms with Crippen LogP contribution in [0.2, 0.25) is 0 Å². The van der Waals surface area contributed by atoms with Crippen LogP contribution in [0, 0.1) is 5.92 Å². The number of carboxylic acids is 1. The molecule has 72 valence electrons. The first kappa shape index (κ1) is 10.3. The molecule has 0 bridgehead atoms. The monoisotopic (exact) mass is 198 g/mol. The number of hydrogen-bond acceptors (Lipinski definition) is 2. The van der Waals surface area contributed by atoms with E-state index in [4.69, 9.17) is 5.11 Å². The summed E-state index contributed by atoms with van der Waals surface area (Å²) in [5.41, 5.74) is 1.32. The summed E-state index contributed by atoms with van der Waals surface area (Å²) in [6.07, 6.45) is 2.73. The van der Waals surface area contributed by atoms with Gasteiger partial charge in [-0.1, -0.05) is 6.92 Å². The average molecular weight is 198 g/mol. The molecule has 0 saturated carbocycles. The fourth-order valence-electron chi connectivity index (χ4n) is 1.17. The molecule has 13 heavy (non-hydrogen) atoms. The van der Waals surface area contributed by atoms with Crippen molar-refractivity contribution in [2.45, 2.75) is 26.2 Å². The molecule has 0 fully saturated rings. The highest BCUT2D eigenvalue weighted by Gasteiger charge is 2.09. The summed E-state index contributed by atoms with van der Waals surface area (Å²) in [6.45, 7) is 1.76. The van der Waals surface area contributed by atoms with Crippen LogP contribution in [0.4, 0.5) is 0 Å². The van der Waals surface area contributed by atoms with Gasteiger partial charge < -0.3 is 5.11 Å². The van der Waals surface area contributed by atoms with Gasteiger partial charge in [-0.2, -0.15) is 11.3 Å². The van der Waals surface area contributed by atoms with Crippen molar-refractivity contribution >= 4 is 17.3 Å². The largest absolute Gasteiger partial charge is 0.481 e. The molecule has 1 aromatic rings. The van der Waals surface area contributed by atoms with Crippen LogP contribution in [0.3, 0.4) is 0 Å². The molecule has 0 aliphatic rings. The van der Waals surface area contributed by atoms with Crippen molar-refractivity contribution in [1.29, 1.82) is 0 Å². The summed E-state index contributed by atoms with van der Waals surface area (Å²) >= 11 is 1.69. The molecule has 0 radical (unpaired) electrons. The van der Waals surface area contributed by atoms with Crippen molar-refractivity contribution in [3.8, 4) is 0 Å². The smallest absolute Gasteiger partial charge is 0.306 e. The average Bonchev–Trinajstić information content (AvgIpc) is 2.56. The molecule has 2 nitrogen and oxygen atoms in total. The second-order valence-corrected chi connectivity index (χ2v) is 4.04. The van der Waals surface area contributed by atoms with Gasteiger partial charge in [0, 0.05) is 0 Å². The molecule has 0 aromatic carbocycles. The minimum atomic E-state index is -0.690. The van der Waals surface area contributed by atoms with E-state index in [0.717, 1.165) is 19.3 Å². The normalized spacial score (nSPS) is 12.7. The lowest BCUT2D eigenvalue weighted by Crippen LogP contribution is -2.09. The molecule has 3 heteroatoms. The zero-order valence-corrected chi connectivity index (χ0v) is 8.51. The Kier molecular flexibility index (Phi) is 3.96. The highest BCUT2D eigenvalue weighted by molar-refractivity contribution is 7.07. The first-order valence-corrected chi connectivity index (χ1v) is 5.38. The van der Waals surface area contributed by atoms with Crippen molar-refractivity contribution in [2.75, 3.05) is 0 Å². The third kappa shape index (κ3) is 3.59. The predicted octanol–water partition coefficient (Wildman–Crippen LogP) is 2.79. The maximum atomic E-state index is 10.5. The van der Waals surface area contributed by atoms with Crippen molar-refractivity contribution in [1.82, 2.24) is 0 Å². The zero-order valence-electron chi connectivity index (χ0n) is 7.69. The quantitative estimate of drug-likeness (QED) is 0.790. The van der Waals surface area contributed by atoms with E-state index < -0.39 is 5.97 Å². The Labute approximate surface area is 82.2 Å². The Morgan fingerprint density at radius 2 is 2.46 bits per heavy atom. The maximum absolute atomic E-state index is 10.5. The lowest BCUT2D eigenvalue weighted by molar-refractivity contribution is -0.141.